The molecule has 108 valence electrons. The molecule has 0 radical (unpaired) electrons. The fraction of sp³-hybridized carbons (Fsp3) is 0.500. The number of aryl methyl sites for hydroxylation is 1. The molecule has 0 saturated heterocycles. The summed E-state index contributed by atoms with van der Waals surface area (Å²) in [6.45, 7) is 3.98. The largest absolute Gasteiger partial charge is 0.481 e. The van der Waals surface area contributed by atoms with Crippen molar-refractivity contribution in [3.63, 3.8) is 0 Å². The van der Waals surface area contributed by atoms with Crippen LogP contribution in [0.4, 0.5) is 0 Å². The van der Waals surface area contributed by atoms with E-state index in [4.69, 9.17) is 5.11 Å². The lowest BCUT2D eigenvalue weighted by atomic mass is 10.0. The second-order valence-electron chi connectivity index (χ2n) is 5.69. The minimum atomic E-state index is -0.785. The lowest BCUT2D eigenvalue weighted by molar-refractivity contribution is -0.141. The zero-order chi connectivity index (χ0) is 14.7. The highest BCUT2D eigenvalue weighted by molar-refractivity contribution is 5.81. The summed E-state index contributed by atoms with van der Waals surface area (Å²) in [6, 6.07) is 8.01. The number of nitrogens with one attached hydrogen (secondary N) is 1. The van der Waals surface area contributed by atoms with Gasteiger partial charge in [0, 0.05) is 5.92 Å². The zero-order valence-corrected chi connectivity index (χ0v) is 11.9. The number of amides is 1. The summed E-state index contributed by atoms with van der Waals surface area (Å²) in [5, 5.41) is 12.0. The minimum Gasteiger partial charge on any atom is -0.481 e. The van der Waals surface area contributed by atoms with Crippen LogP contribution in [0, 0.1) is 18.8 Å². The molecule has 0 aliphatic heterocycles. The van der Waals surface area contributed by atoms with E-state index in [1.165, 1.54) is 5.56 Å². The Kier molecular flexibility index (Phi) is 4.42. The molecule has 0 heterocycles. The zero-order valence-electron chi connectivity index (χ0n) is 11.9. The number of carbonyl (C=O) groups excluding carboxylic acids is 1. The van der Waals surface area contributed by atoms with Crippen LogP contribution in [0.5, 0.6) is 0 Å². The predicted octanol–water partition coefficient (Wildman–Crippen LogP) is 2.67. The molecule has 0 spiro atoms. The molecule has 1 saturated carbocycles. The number of rotatable bonds is 4. The van der Waals surface area contributed by atoms with Gasteiger partial charge in [0.25, 0.3) is 0 Å². The van der Waals surface area contributed by atoms with Gasteiger partial charge in [-0.05, 0) is 38.7 Å². The SMILES string of the molecule is Cc1ccc([C@@H](C)NC(=O)[C@@H]2CC[C@H](C(=O)O)C2)cc1. The monoisotopic (exact) mass is 275 g/mol. The van der Waals surface area contributed by atoms with Crippen molar-refractivity contribution in [2.45, 2.75) is 39.2 Å². The first kappa shape index (κ1) is 14.6. The maximum Gasteiger partial charge on any atom is 0.306 e. The Morgan fingerprint density at radius 2 is 1.80 bits per heavy atom. The Morgan fingerprint density at radius 3 is 2.35 bits per heavy atom. The summed E-state index contributed by atoms with van der Waals surface area (Å²) in [6.07, 6.45) is 1.73. The third-order valence-electron chi connectivity index (χ3n) is 4.09. The average molecular weight is 275 g/mol. The van der Waals surface area contributed by atoms with Crippen LogP contribution in [0.2, 0.25) is 0 Å². The van der Waals surface area contributed by atoms with Crippen molar-refractivity contribution < 1.29 is 14.7 Å². The van der Waals surface area contributed by atoms with Crippen molar-refractivity contribution in [1.82, 2.24) is 5.32 Å². The Morgan fingerprint density at radius 1 is 1.20 bits per heavy atom. The first-order chi connectivity index (χ1) is 9.47. The quantitative estimate of drug-likeness (QED) is 0.887. The summed E-state index contributed by atoms with van der Waals surface area (Å²) in [5.41, 5.74) is 2.25. The first-order valence-corrected chi connectivity index (χ1v) is 7.07. The average Bonchev–Trinajstić information content (AvgIpc) is 2.89. The smallest absolute Gasteiger partial charge is 0.306 e. The van der Waals surface area contributed by atoms with Crippen molar-refractivity contribution in [3.8, 4) is 0 Å². The van der Waals surface area contributed by atoms with Crippen LogP contribution in [0.25, 0.3) is 0 Å². The second kappa shape index (κ2) is 6.07. The molecular formula is C16H21NO3. The Hall–Kier alpha value is -1.84. The number of carbonyl (C=O) groups is 2. The van der Waals surface area contributed by atoms with Crippen molar-refractivity contribution in [1.29, 1.82) is 0 Å². The van der Waals surface area contributed by atoms with E-state index in [0.29, 0.717) is 19.3 Å². The highest BCUT2D eigenvalue weighted by atomic mass is 16.4. The van der Waals surface area contributed by atoms with Crippen LogP contribution in [0.15, 0.2) is 24.3 Å². The topological polar surface area (TPSA) is 66.4 Å². The van der Waals surface area contributed by atoms with Crippen molar-refractivity contribution in [2.24, 2.45) is 11.8 Å². The second-order valence-corrected chi connectivity index (χ2v) is 5.69. The number of benzene rings is 1. The molecule has 1 aromatic carbocycles. The standard InChI is InChI=1S/C16H21NO3/c1-10-3-5-12(6-4-10)11(2)17-15(18)13-7-8-14(9-13)16(19)20/h3-6,11,13-14H,7-9H2,1-2H3,(H,17,18)(H,19,20)/t11-,13-,14+/m1/s1. The Balaban J connectivity index is 1.91. The minimum absolute atomic E-state index is 0.0261. The van der Waals surface area contributed by atoms with Crippen LogP contribution in [0.1, 0.15) is 43.4 Å². The maximum atomic E-state index is 12.2. The third kappa shape index (κ3) is 3.38. The first-order valence-electron chi connectivity index (χ1n) is 7.07. The van der Waals surface area contributed by atoms with Crippen molar-refractivity contribution >= 4 is 11.9 Å². The number of hydrogen-bond acceptors (Lipinski definition) is 2. The lowest BCUT2D eigenvalue weighted by Gasteiger charge is -2.17. The highest BCUT2D eigenvalue weighted by Crippen LogP contribution is 2.31. The van der Waals surface area contributed by atoms with Crippen LogP contribution in [-0.4, -0.2) is 17.0 Å². The molecule has 1 aliphatic carbocycles. The van der Waals surface area contributed by atoms with E-state index >= 15 is 0 Å². The molecule has 4 heteroatoms. The van der Waals surface area contributed by atoms with Crippen LogP contribution in [-0.2, 0) is 9.59 Å². The maximum absolute atomic E-state index is 12.2. The van der Waals surface area contributed by atoms with E-state index in [1.54, 1.807) is 0 Å². The van der Waals surface area contributed by atoms with Crippen LogP contribution < -0.4 is 5.32 Å². The molecule has 1 fully saturated rings. The molecule has 1 aliphatic rings. The molecule has 4 nitrogen and oxygen atoms in total. The van der Waals surface area contributed by atoms with E-state index in [-0.39, 0.29) is 23.8 Å². The van der Waals surface area contributed by atoms with Crippen molar-refractivity contribution in [2.75, 3.05) is 0 Å². The molecule has 20 heavy (non-hydrogen) atoms. The fourth-order valence-corrected chi connectivity index (χ4v) is 2.71. The molecule has 2 N–H and O–H groups in total. The number of carboxylic acid groups (broad SMARTS) is 1. The highest BCUT2D eigenvalue weighted by Gasteiger charge is 2.34. The summed E-state index contributed by atoms with van der Waals surface area (Å²) in [5.74, 6) is -1.34. The van der Waals surface area contributed by atoms with E-state index < -0.39 is 5.97 Å². The molecule has 2 rings (SSSR count). The van der Waals surface area contributed by atoms with Crippen LogP contribution in [0.3, 0.4) is 0 Å². The van der Waals surface area contributed by atoms with Gasteiger partial charge in [-0.3, -0.25) is 9.59 Å². The Labute approximate surface area is 119 Å². The van der Waals surface area contributed by atoms with Gasteiger partial charge in [-0.15, -0.1) is 0 Å². The molecular weight excluding hydrogens is 254 g/mol. The van der Waals surface area contributed by atoms with E-state index in [2.05, 4.69) is 5.32 Å². The summed E-state index contributed by atoms with van der Waals surface area (Å²) in [4.78, 5) is 23.1. The number of carboxylic acids is 1. The van der Waals surface area contributed by atoms with Gasteiger partial charge in [-0.2, -0.15) is 0 Å². The van der Waals surface area contributed by atoms with E-state index in [1.807, 2.05) is 38.1 Å². The van der Waals surface area contributed by atoms with Crippen LogP contribution >= 0.6 is 0 Å². The summed E-state index contributed by atoms with van der Waals surface area (Å²) < 4.78 is 0. The molecule has 0 unspecified atom stereocenters. The number of hydrogen-bond donors (Lipinski definition) is 2. The van der Waals surface area contributed by atoms with Gasteiger partial charge in [0.2, 0.25) is 5.91 Å². The molecule has 1 aromatic rings. The van der Waals surface area contributed by atoms with Gasteiger partial charge in [0.05, 0.1) is 12.0 Å². The summed E-state index contributed by atoms with van der Waals surface area (Å²) >= 11 is 0. The number of aliphatic carboxylic acids is 1. The van der Waals surface area contributed by atoms with Gasteiger partial charge < -0.3 is 10.4 Å². The molecule has 0 aromatic heterocycles. The summed E-state index contributed by atoms with van der Waals surface area (Å²) in [7, 11) is 0. The predicted molar refractivity (Wildman–Crippen MR) is 76.2 cm³/mol. The molecule has 0 bridgehead atoms. The van der Waals surface area contributed by atoms with E-state index in [9.17, 15) is 9.59 Å². The lowest BCUT2D eigenvalue weighted by Crippen LogP contribution is -2.32. The third-order valence-corrected chi connectivity index (χ3v) is 4.09. The van der Waals surface area contributed by atoms with Gasteiger partial charge >= 0.3 is 5.97 Å². The molecule has 1 amide bonds. The Bertz CT molecular complexity index is 495. The van der Waals surface area contributed by atoms with E-state index in [0.717, 1.165) is 5.56 Å². The van der Waals surface area contributed by atoms with Gasteiger partial charge in [0.15, 0.2) is 0 Å². The van der Waals surface area contributed by atoms with Crippen molar-refractivity contribution in [3.05, 3.63) is 35.4 Å². The molecule has 3 atom stereocenters. The normalized spacial score (nSPS) is 23.3. The fourth-order valence-electron chi connectivity index (χ4n) is 2.71. The van der Waals surface area contributed by atoms with Gasteiger partial charge in [-0.1, -0.05) is 29.8 Å². The van der Waals surface area contributed by atoms with Gasteiger partial charge in [0.1, 0.15) is 0 Å². The van der Waals surface area contributed by atoms with Gasteiger partial charge in [-0.25, -0.2) is 0 Å².